The molecule has 0 radical (unpaired) electrons. The fraction of sp³-hybridized carbons (Fsp3) is 0.476. The van der Waals surface area contributed by atoms with Crippen molar-refractivity contribution in [1.29, 1.82) is 0 Å². The van der Waals surface area contributed by atoms with Crippen LogP contribution >= 0.6 is 0 Å². The van der Waals surface area contributed by atoms with E-state index in [9.17, 15) is 18.0 Å². The zero-order valence-corrected chi connectivity index (χ0v) is 19.3. The minimum atomic E-state index is -2.74. The lowest BCUT2D eigenvalue weighted by Crippen LogP contribution is -2.40. The Morgan fingerprint density at radius 2 is 1.58 bits per heavy atom. The predicted octanol–water partition coefficient (Wildman–Crippen LogP) is 3.43. The Bertz CT molecular complexity index is 955. The molecule has 0 spiro atoms. The Labute approximate surface area is 184 Å². The summed E-state index contributed by atoms with van der Waals surface area (Å²) in [6, 6.07) is 6.10. The van der Waals surface area contributed by atoms with Crippen molar-refractivity contribution in [3.8, 4) is 12.3 Å². The largest absolute Gasteiger partial charge is 0.444 e. The Morgan fingerprint density at radius 1 is 1.03 bits per heavy atom. The molecule has 0 aliphatic rings. The van der Waals surface area contributed by atoms with Gasteiger partial charge in [0.05, 0.1) is 6.54 Å². The van der Waals surface area contributed by atoms with E-state index >= 15 is 0 Å². The van der Waals surface area contributed by atoms with Crippen LogP contribution in [0, 0.1) is 12.3 Å². The number of nitrogens with one attached hydrogen (secondary N) is 1. The molecule has 1 aromatic rings. The van der Waals surface area contributed by atoms with Gasteiger partial charge in [-0.2, -0.15) is 8.42 Å². The number of nitrogens with zero attached hydrogens (tertiary/aromatic N) is 1. The Hall–Kier alpha value is -3.03. The van der Waals surface area contributed by atoms with Gasteiger partial charge in [0.25, 0.3) is 0 Å². The molecule has 31 heavy (non-hydrogen) atoms. The Kier molecular flexibility index (Phi) is 9.09. The van der Waals surface area contributed by atoms with Crippen molar-refractivity contribution in [2.45, 2.75) is 52.7 Å². The highest BCUT2D eigenvalue weighted by Gasteiger charge is 2.26. The maximum Gasteiger partial charge on any atom is 0.415 e. The SMILES string of the molecule is C#CCOC(CN(C(=O)OC(C)(C)C)c1ccc(NC(=O)OC(C)(C)C)cc1)=S(=O)=O. The second-order valence-corrected chi connectivity index (χ2v) is 9.26. The zero-order chi connectivity index (χ0) is 23.8. The molecule has 0 fully saturated rings. The molecule has 170 valence electrons. The highest BCUT2D eigenvalue weighted by Crippen LogP contribution is 2.21. The van der Waals surface area contributed by atoms with Crippen LogP contribution in [0.2, 0.25) is 0 Å². The molecule has 0 saturated heterocycles. The number of hydrogen-bond donors (Lipinski definition) is 1. The number of benzene rings is 1. The van der Waals surface area contributed by atoms with E-state index in [1.54, 1.807) is 41.5 Å². The molecular formula is C21H28N2O7S. The molecule has 9 nitrogen and oxygen atoms in total. The van der Waals surface area contributed by atoms with Crippen LogP contribution in [-0.2, 0) is 24.5 Å². The lowest BCUT2D eigenvalue weighted by atomic mass is 10.2. The van der Waals surface area contributed by atoms with E-state index in [0.29, 0.717) is 11.4 Å². The molecule has 0 aromatic heterocycles. The third-order valence-electron chi connectivity index (χ3n) is 3.23. The number of terminal acetylenes is 1. The predicted molar refractivity (Wildman–Crippen MR) is 119 cm³/mol. The molecule has 1 rings (SSSR count). The topological polar surface area (TPSA) is 111 Å². The molecule has 2 amide bonds. The van der Waals surface area contributed by atoms with Crippen molar-refractivity contribution < 1.29 is 32.2 Å². The van der Waals surface area contributed by atoms with Gasteiger partial charge < -0.3 is 14.2 Å². The second-order valence-electron chi connectivity index (χ2n) is 8.34. The number of carbonyl (C=O) groups is 2. The average molecular weight is 453 g/mol. The quantitative estimate of drug-likeness (QED) is 0.538. The molecule has 0 aliphatic carbocycles. The summed E-state index contributed by atoms with van der Waals surface area (Å²) in [4.78, 5) is 25.7. The molecule has 1 aromatic carbocycles. The van der Waals surface area contributed by atoms with Gasteiger partial charge in [-0.25, -0.2) is 9.59 Å². The maximum atomic E-state index is 12.7. The Morgan fingerprint density at radius 3 is 2.03 bits per heavy atom. The van der Waals surface area contributed by atoms with Gasteiger partial charge in [-0.3, -0.25) is 10.2 Å². The maximum absolute atomic E-state index is 12.7. The third-order valence-corrected chi connectivity index (χ3v) is 3.85. The molecule has 0 heterocycles. The van der Waals surface area contributed by atoms with E-state index in [1.807, 2.05) is 0 Å². The number of amides is 2. The molecular weight excluding hydrogens is 424 g/mol. The fourth-order valence-corrected chi connectivity index (χ4v) is 2.51. The van der Waals surface area contributed by atoms with E-state index in [0.717, 1.165) is 4.90 Å². The normalized spacial score (nSPS) is 11.1. The van der Waals surface area contributed by atoms with Crippen LogP contribution in [0.1, 0.15) is 41.5 Å². The zero-order valence-electron chi connectivity index (χ0n) is 18.5. The smallest absolute Gasteiger partial charge is 0.415 e. The van der Waals surface area contributed by atoms with Gasteiger partial charge in [-0.1, -0.05) is 5.92 Å². The van der Waals surface area contributed by atoms with Gasteiger partial charge in [0.2, 0.25) is 10.3 Å². The molecule has 0 saturated carbocycles. The summed E-state index contributed by atoms with van der Waals surface area (Å²) in [5, 5.41) is 2.16. The number of hydrogen-bond acceptors (Lipinski definition) is 7. The second kappa shape index (κ2) is 10.8. The van der Waals surface area contributed by atoms with Crippen LogP contribution in [0.5, 0.6) is 0 Å². The minimum absolute atomic E-state index is 0.274. The standard InChI is InChI=1S/C21H28N2O7S/c1-8-13-28-17(31(26)27)14-23(19(25)30-21(5,6)7)16-11-9-15(10-12-16)22-18(24)29-20(2,3)4/h1,9-12H,13-14H2,2-7H3,(H,22,24). The van der Waals surface area contributed by atoms with Crippen LogP contribution in [-0.4, -0.2) is 50.0 Å². The van der Waals surface area contributed by atoms with Crippen LogP contribution in [0.3, 0.4) is 0 Å². The average Bonchev–Trinajstić information content (AvgIpc) is 2.59. The van der Waals surface area contributed by atoms with Crippen molar-refractivity contribution in [2.24, 2.45) is 0 Å². The fourth-order valence-electron chi connectivity index (χ4n) is 2.12. The first kappa shape index (κ1) is 26.0. The van der Waals surface area contributed by atoms with Crippen molar-refractivity contribution in [3.05, 3.63) is 24.3 Å². The summed E-state index contributed by atoms with van der Waals surface area (Å²) < 4.78 is 38.6. The van der Waals surface area contributed by atoms with E-state index in [2.05, 4.69) is 11.2 Å². The summed E-state index contributed by atoms with van der Waals surface area (Å²) in [5.74, 6) is 2.17. The first-order chi connectivity index (χ1) is 14.2. The summed E-state index contributed by atoms with van der Waals surface area (Å²) in [5.41, 5.74) is -0.737. The summed E-state index contributed by atoms with van der Waals surface area (Å²) in [6.07, 6.45) is 3.70. The van der Waals surface area contributed by atoms with E-state index < -0.39 is 45.3 Å². The van der Waals surface area contributed by atoms with Crippen molar-refractivity contribution >= 4 is 38.9 Å². The highest BCUT2D eigenvalue weighted by molar-refractivity contribution is 7.72. The minimum Gasteiger partial charge on any atom is -0.444 e. The van der Waals surface area contributed by atoms with E-state index in [4.69, 9.17) is 20.6 Å². The van der Waals surface area contributed by atoms with Gasteiger partial charge in [-0.05, 0) is 65.8 Å². The number of ether oxygens (including phenoxy) is 3. The molecule has 0 atom stereocenters. The first-order valence-corrected chi connectivity index (χ1v) is 10.4. The summed E-state index contributed by atoms with van der Waals surface area (Å²) >= 11 is 0. The number of anilines is 2. The van der Waals surface area contributed by atoms with Crippen molar-refractivity contribution in [3.63, 3.8) is 0 Å². The van der Waals surface area contributed by atoms with Gasteiger partial charge in [0, 0.05) is 11.4 Å². The van der Waals surface area contributed by atoms with Gasteiger partial charge in [-0.15, -0.1) is 6.42 Å². The van der Waals surface area contributed by atoms with Crippen LogP contribution < -0.4 is 10.2 Å². The molecule has 1 N–H and O–H groups in total. The molecule has 0 aliphatic heterocycles. The van der Waals surface area contributed by atoms with Gasteiger partial charge in [0.1, 0.15) is 17.8 Å². The van der Waals surface area contributed by atoms with Crippen LogP contribution in [0.4, 0.5) is 21.0 Å². The number of carbonyl (C=O) groups excluding carboxylic acids is 2. The summed E-state index contributed by atoms with van der Waals surface area (Å²) in [7, 11) is -2.74. The molecule has 0 bridgehead atoms. The van der Waals surface area contributed by atoms with E-state index in [1.165, 1.54) is 24.3 Å². The monoisotopic (exact) mass is 452 g/mol. The van der Waals surface area contributed by atoms with Crippen molar-refractivity contribution in [2.75, 3.05) is 23.4 Å². The Balaban J connectivity index is 3.15. The van der Waals surface area contributed by atoms with Gasteiger partial charge >= 0.3 is 12.2 Å². The summed E-state index contributed by atoms with van der Waals surface area (Å²) in [6.45, 7) is 9.57. The lowest BCUT2D eigenvalue weighted by Gasteiger charge is -2.27. The lowest BCUT2D eigenvalue weighted by molar-refractivity contribution is 0.0581. The third kappa shape index (κ3) is 10.0. The van der Waals surface area contributed by atoms with E-state index in [-0.39, 0.29) is 6.61 Å². The first-order valence-electron chi connectivity index (χ1n) is 9.34. The van der Waals surface area contributed by atoms with Crippen LogP contribution in [0.25, 0.3) is 0 Å². The highest BCUT2D eigenvalue weighted by atomic mass is 32.2. The number of rotatable bonds is 5. The van der Waals surface area contributed by atoms with Crippen LogP contribution in [0.15, 0.2) is 24.3 Å². The van der Waals surface area contributed by atoms with Crippen molar-refractivity contribution in [1.82, 2.24) is 0 Å². The van der Waals surface area contributed by atoms with Gasteiger partial charge in [0.15, 0.2) is 5.05 Å². The molecule has 0 unspecified atom stereocenters. The molecule has 10 heteroatoms.